The van der Waals surface area contributed by atoms with Gasteiger partial charge in [0.2, 0.25) is 0 Å². The molecule has 1 N–H and O–H groups in total. The van der Waals surface area contributed by atoms with E-state index in [1.165, 1.54) is 4.68 Å². The second-order valence-electron chi connectivity index (χ2n) is 6.42. The Hall–Kier alpha value is -3.12. The fourth-order valence-electron chi connectivity index (χ4n) is 2.69. The van der Waals surface area contributed by atoms with Crippen LogP contribution < -0.4 is 5.32 Å². The minimum Gasteiger partial charge on any atom is -0.452 e. The van der Waals surface area contributed by atoms with Crippen LogP contribution in [0.4, 0.5) is 5.69 Å². The average Bonchev–Trinajstić information content (AvgIpc) is 2.98. The summed E-state index contributed by atoms with van der Waals surface area (Å²) in [7, 11) is 0. The Morgan fingerprint density at radius 1 is 1.07 bits per heavy atom. The number of aromatic nitrogens is 2. The first kappa shape index (κ1) is 19.6. The molecule has 0 saturated heterocycles. The highest BCUT2D eigenvalue weighted by molar-refractivity contribution is 6.33. The Morgan fingerprint density at radius 3 is 2.46 bits per heavy atom. The van der Waals surface area contributed by atoms with Crippen molar-refractivity contribution in [3.63, 3.8) is 0 Å². The summed E-state index contributed by atoms with van der Waals surface area (Å²) in [5, 5.41) is 7.15. The molecule has 0 spiro atoms. The minimum absolute atomic E-state index is 0.142. The van der Waals surface area contributed by atoms with Gasteiger partial charge in [0, 0.05) is 5.69 Å². The van der Waals surface area contributed by atoms with Crippen molar-refractivity contribution in [2.24, 2.45) is 0 Å². The van der Waals surface area contributed by atoms with Crippen molar-refractivity contribution in [1.29, 1.82) is 0 Å². The van der Waals surface area contributed by atoms with Crippen LogP contribution in [0.5, 0.6) is 0 Å². The standard InChI is InChI=1S/C21H20ClN3O3/c1-13-9-10-16(11-14(13)2)23-18(26)12-28-21(27)19-15(3)24-25(20(19)22)17-7-5-4-6-8-17/h4-11H,12H2,1-3H3,(H,23,26). The molecular formula is C21H20ClN3O3. The van der Waals surface area contributed by atoms with Gasteiger partial charge in [0.15, 0.2) is 6.61 Å². The van der Waals surface area contributed by atoms with E-state index in [9.17, 15) is 9.59 Å². The molecule has 144 valence electrons. The molecular weight excluding hydrogens is 378 g/mol. The quantitative estimate of drug-likeness (QED) is 0.653. The molecule has 1 heterocycles. The number of carbonyl (C=O) groups is 2. The predicted octanol–water partition coefficient (Wildman–Crippen LogP) is 4.25. The molecule has 0 atom stereocenters. The molecule has 3 rings (SSSR count). The number of halogens is 1. The Bertz CT molecular complexity index is 1030. The van der Waals surface area contributed by atoms with Gasteiger partial charge in [-0.3, -0.25) is 4.79 Å². The van der Waals surface area contributed by atoms with Gasteiger partial charge < -0.3 is 10.1 Å². The first-order valence-corrected chi connectivity index (χ1v) is 9.09. The highest BCUT2D eigenvalue weighted by Crippen LogP contribution is 2.24. The van der Waals surface area contributed by atoms with Crippen molar-refractivity contribution in [3.8, 4) is 5.69 Å². The van der Waals surface area contributed by atoms with Crippen LogP contribution in [-0.4, -0.2) is 28.3 Å². The van der Waals surface area contributed by atoms with Crippen LogP contribution in [-0.2, 0) is 9.53 Å². The zero-order valence-corrected chi connectivity index (χ0v) is 16.6. The van der Waals surface area contributed by atoms with Crippen molar-refractivity contribution in [2.75, 3.05) is 11.9 Å². The summed E-state index contributed by atoms with van der Waals surface area (Å²) in [6.07, 6.45) is 0. The van der Waals surface area contributed by atoms with Crippen LogP contribution in [0.1, 0.15) is 27.2 Å². The number of nitrogens with one attached hydrogen (secondary N) is 1. The lowest BCUT2D eigenvalue weighted by Gasteiger charge is -2.08. The van der Waals surface area contributed by atoms with Crippen LogP contribution in [0.25, 0.3) is 5.69 Å². The molecule has 0 radical (unpaired) electrons. The van der Waals surface area contributed by atoms with Crippen LogP contribution in [0.3, 0.4) is 0 Å². The Kier molecular flexibility index (Phi) is 5.80. The highest BCUT2D eigenvalue weighted by atomic mass is 35.5. The third-order valence-corrected chi connectivity index (χ3v) is 4.68. The summed E-state index contributed by atoms with van der Waals surface area (Å²) in [5.41, 5.74) is 4.13. The maximum atomic E-state index is 12.4. The summed E-state index contributed by atoms with van der Waals surface area (Å²) in [4.78, 5) is 24.5. The van der Waals surface area contributed by atoms with E-state index < -0.39 is 18.5 Å². The van der Waals surface area contributed by atoms with E-state index in [-0.39, 0.29) is 10.7 Å². The largest absolute Gasteiger partial charge is 0.452 e. The number of para-hydroxylation sites is 1. The van der Waals surface area contributed by atoms with E-state index in [1.54, 1.807) is 13.0 Å². The summed E-state index contributed by atoms with van der Waals surface area (Å²) in [6.45, 7) is 5.19. The lowest BCUT2D eigenvalue weighted by atomic mass is 10.1. The van der Waals surface area contributed by atoms with Gasteiger partial charge in [0.25, 0.3) is 5.91 Å². The van der Waals surface area contributed by atoms with Crippen molar-refractivity contribution in [2.45, 2.75) is 20.8 Å². The van der Waals surface area contributed by atoms with E-state index in [1.807, 2.05) is 56.3 Å². The van der Waals surface area contributed by atoms with E-state index >= 15 is 0 Å². The smallest absolute Gasteiger partial charge is 0.343 e. The number of aryl methyl sites for hydroxylation is 3. The molecule has 6 nitrogen and oxygen atoms in total. The molecule has 1 aromatic heterocycles. The molecule has 0 bridgehead atoms. The monoisotopic (exact) mass is 397 g/mol. The second kappa shape index (κ2) is 8.27. The number of hydrogen-bond acceptors (Lipinski definition) is 4. The number of hydrogen-bond donors (Lipinski definition) is 1. The number of benzene rings is 2. The maximum absolute atomic E-state index is 12.4. The van der Waals surface area contributed by atoms with E-state index in [2.05, 4.69) is 10.4 Å². The van der Waals surface area contributed by atoms with Crippen molar-refractivity contribution in [3.05, 3.63) is 76.1 Å². The zero-order valence-electron chi connectivity index (χ0n) is 15.8. The van der Waals surface area contributed by atoms with Crippen LogP contribution in [0.2, 0.25) is 5.15 Å². The molecule has 1 amide bonds. The molecule has 0 fully saturated rings. The lowest BCUT2D eigenvalue weighted by Crippen LogP contribution is -2.21. The van der Waals surface area contributed by atoms with Crippen molar-refractivity contribution in [1.82, 2.24) is 9.78 Å². The van der Waals surface area contributed by atoms with Gasteiger partial charge in [-0.15, -0.1) is 0 Å². The van der Waals surface area contributed by atoms with Crippen molar-refractivity contribution < 1.29 is 14.3 Å². The predicted molar refractivity (Wildman–Crippen MR) is 108 cm³/mol. The molecule has 0 aliphatic carbocycles. The van der Waals surface area contributed by atoms with Gasteiger partial charge in [-0.2, -0.15) is 5.10 Å². The number of rotatable bonds is 5. The SMILES string of the molecule is Cc1ccc(NC(=O)COC(=O)c2c(C)nn(-c3ccccc3)c2Cl)cc1C. The van der Waals surface area contributed by atoms with Gasteiger partial charge in [0.05, 0.1) is 11.4 Å². The topological polar surface area (TPSA) is 73.2 Å². The highest BCUT2D eigenvalue weighted by Gasteiger charge is 2.23. The van der Waals surface area contributed by atoms with Gasteiger partial charge in [0.1, 0.15) is 10.7 Å². The van der Waals surface area contributed by atoms with E-state index in [0.29, 0.717) is 11.4 Å². The fraction of sp³-hybridized carbons (Fsp3) is 0.190. The average molecular weight is 398 g/mol. The van der Waals surface area contributed by atoms with Gasteiger partial charge in [-0.1, -0.05) is 35.9 Å². The Balaban J connectivity index is 1.67. The Labute approximate surface area is 168 Å². The fourth-order valence-corrected chi connectivity index (χ4v) is 3.04. The minimum atomic E-state index is -0.695. The molecule has 0 saturated carbocycles. The summed E-state index contributed by atoms with van der Waals surface area (Å²) < 4.78 is 6.60. The summed E-state index contributed by atoms with van der Waals surface area (Å²) >= 11 is 6.34. The van der Waals surface area contributed by atoms with Gasteiger partial charge >= 0.3 is 5.97 Å². The van der Waals surface area contributed by atoms with E-state index in [4.69, 9.17) is 16.3 Å². The number of ether oxygens (including phenoxy) is 1. The summed E-state index contributed by atoms with van der Waals surface area (Å²) in [6, 6.07) is 14.8. The lowest BCUT2D eigenvalue weighted by molar-refractivity contribution is -0.119. The molecule has 0 aliphatic rings. The van der Waals surface area contributed by atoms with E-state index in [0.717, 1.165) is 16.8 Å². The molecule has 0 unspecified atom stereocenters. The Morgan fingerprint density at radius 2 is 1.79 bits per heavy atom. The third kappa shape index (κ3) is 4.23. The number of esters is 1. The first-order chi connectivity index (χ1) is 13.4. The summed E-state index contributed by atoms with van der Waals surface area (Å²) in [5.74, 6) is -1.12. The normalized spacial score (nSPS) is 10.6. The van der Waals surface area contributed by atoms with Crippen LogP contribution in [0, 0.1) is 20.8 Å². The molecule has 0 aliphatic heterocycles. The van der Waals surface area contributed by atoms with Crippen LogP contribution in [0.15, 0.2) is 48.5 Å². The van der Waals surface area contributed by atoms with Crippen LogP contribution >= 0.6 is 11.6 Å². The molecule has 2 aromatic carbocycles. The van der Waals surface area contributed by atoms with Crippen molar-refractivity contribution >= 4 is 29.2 Å². The molecule has 7 heteroatoms. The third-order valence-electron chi connectivity index (χ3n) is 4.33. The second-order valence-corrected chi connectivity index (χ2v) is 6.78. The number of carbonyl (C=O) groups excluding carboxylic acids is 2. The van der Waals surface area contributed by atoms with Gasteiger partial charge in [-0.05, 0) is 56.2 Å². The zero-order chi connectivity index (χ0) is 20.3. The number of amides is 1. The first-order valence-electron chi connectivity index (χ1n) is 8.71. The molecule has 28 heavy (non-hydrogen) atoms. The number of anilines is 1. The number of nitrogens with zero attached hydrogens (tertiary/aromatic N) is 2. The van der Waals surface area contributed by atoms with Gasteiger partial charge in [-0.25, -0.2) is 9.48 Å². The maximum Gasteiger partial charge on any atom is 0.343 e. The molecule has 3 aromatic rings.